The fourth-order valence-electron chi connectivity index (χ4n) is 3.50. The molecule has 108 valence electrons. The molecule has 0 fully saturated rings. The molecule has 0 atom stereocenters. The third kappa shape index (κ3) is 1.72. The summed E-state index contributed by atoms with van der Waals surface area (Å²) in [6, 6.07) is 25.7. The molecular weight excluding hydrogens is 280 g/mol. The molecule has 0 aliphatic rings. The van der Waals surface area contributed by atoms with Crippen LogP contribution in [0, 0.1) is 0 Å². The molecule has 0 amide bonds. The summed E-state index contributed by atoms with van der Waals surface area (Å²) in [5, 5.41) is 5.16. The van der Waals surface area contributed by atoms with Gasteiger partial charge in [0, 0.05) is 17.0 Å². The Morgan fingerprint density at radius 3 is 2.35 bits per heavy atom. The summed E-state index contributed by atoms with van der Waals surface area (Å²) in [6.45, 7) is 0. The number of pyridine rings is 1. The van der Waals surface area contributed by atoms with Gasteiger partial charge in [-0.2, -0.15) is 0 Å². The van der Waals surface area contributed by atoms with Crippen molar-refractivity contribution in [1.29, 1.82) is 0 Å². The number of benzene rings is 3. The number of aromatic nitrogens is 2. The van der Waals surface area contributed by atoms with Crippen LogP contribution >= 0.6 is 0 Å². The number of hydrogen-bond acceptors (Lipinski definition) is 1. The number of rotatable bonds is 1. The molecule has 0 aliphatic heterocycles. The van der Waals surface area contributed by atoms with Crippen LogP contribution in [0.4, 0.5) is 0 Å². The first-order valence-electron chi connectivity index (χ1n) is 7.75. The van der Waals surface area contributed by atoms with Crippen molar-refractivity contribution in [3.8, 4) is 5.69 Å². The Hall–Kier alpha value is -3.13. The van der Waals surface area contributed by atoms with Crippen LogP contribution in [0.15, 0.2) is 85.2 Å². The zero-order valence-electron chi connectivity index (χ0n) is 12.5. The SMILES string of the molecule is c1cncc(-n2c3ccccc3c3c4ccccc4ccc32)c1. The lowest BCUT2D eigenvalue weighted by Crippen LogP contribution is -1.93. The van der Waals surface area contributed by atoms with Crippen LogP contribution in [-0.4, -0.2) is 9.55 Å². The molecule has 23 heavy (non-hydrogen) atoms. The summed E-state index contributed by atoms with van der Waals surface area (Å²) in [6.07, 6.45) is 3.73. The van der Waals surface area contributed by atoms with Gasteiger partial charge in [-0.3, -0.25) is 4.98 Å². The molecule has 0 saturated carbocycles. The molecule has 0 bridgehead atoms. The Labute approximate surface area is 133 Å². The number of nitrogens with zero attached hydrogens (tertiary/aromatic N) is 2. The second kappa shape index (κ2) is 4.68. The fraction of sp³-hybridized carbons (Fsp3) is 0. The van der Waals surface area contributed by atoms with Crippen LogP contribution in [-0.2, 0) is 0 Å². The minimum Gasteiger partial charge on any atom is -0.308 e. The molecule has 0 spiro atoms. The van der Waals surface area contributed by atoms with Crippen molar-refractivity contribution >= 4 is 32.6 Å². The molecule has 0 aliphatic carbocycles. The van der Waals surface area contributed by atoms with E-state index in [9.17, 15) is 0 Å². The van der Waals surface area contributed by atoms with E-state index in [1.54, 1.807) is 0 Å². The minimum absolute atomic E-state index is 1.09. The van der Waals surface area contributed by atoms with Gasteiger partial charge in [-0.25, -0.2) is 0 Å². The summed E-state index contributed by atoms with van der Waals surface area (Å²) in [7, 11) is 0. The first-order chi connectivity index (χ1) is 11.4. The maximum Gasteiger partial charge on any atom is 0.0645 e. The number of hydrogen-bond donors (Lipinski definition) is 0. The molecule has 0 saturated heterocycles. The van der Waals surface area contributed by atoms with E-state index in [-0.39, 0.29) is 0 Å². The zero-order valence-corrected chi connectivity index (χ0v) is 12.5. The van der Waals surface area contributed by atoms with Crippen LogP contribution in [0.1, 0.15) is 0 Å². The Balaban J connectivity index is 2.07. The van der Waals surface area contributed by atoms with Crippen LogP contribution in [0.3, 0.4) is 0 Å². The van der Waals surface area contributed by atoms with Crippen LogP contribution < -0.4 is 0 Å². The highest BCUT2D eigenvalue weighted by Crippen LogP contribution is 2.36. The first-order valence-corrected chi connectivity index (χ1v) is 7.75. The molecule has 2 heterocycles. The average Bonchev–Trinajstić information content (AvgIpc) is 2.97. The predicted molar refractivity (Wildman–Crippen MR) is 96.1 cm³/mol. The Kier molecular flexibility index (Phi) is 2.53. The topological polar surface area (TPSA) is 17.8 Å². The van der Waals surface area contributed by atoms with Crippen molar-refractivity contribution in [3.05, 3.63) is 85.2 Å². The first kappa shape index (κ1) is 12.4. The Bertz CT molecular complexity index is 1150. The molecule has 2 nitrogen and oxygen atoms in total. The average molecular weight is 294 g/mol. The largest absolute Gasteiger partial charge is 0.308 e. The van der Waals surface area contributed by atoms with Crippen molar-refractivity contribution in [2.75, 3.05) is 0 Å². The van der Waals surface area contributed by atoms with E-state index in [4.69, 9.17) is 0 Å². The summed E-state index contributed by atoms with van der Waals surface area (Å²) in [4.78, 5) is 4.30. The van der Waals surface area contributed by atoms with Gasteiger partial charge in [0.15, 0.2) is 0 Å². The molecule has 2 aromatic heterocycles. The normalized spacial score (nSPS) is 11.5. The van der Waals surface area contributed by atoms with Crippen molar-refractivity contribution in [2.24, 2.45) is 0 Å². The lowest BCUT2D eigenvalue weighted by atomic mass is 10.0. The number of fused-ring (bicyclic) bond motifs is 5. The molecule has 5 aromatic rings. The van der Waals surface area contributed by atoms with Gasteiger partial charge in [-0.05, 0) is 35.0 Å². The monoisotopic (exact) mass is 294 g/mol. The van der Waals surface area contributed by atoms with Crippen LogP contribution in [0.25, 0.3) is 38.3 Å². The van der Waals surface area contributed by atoms with Crippen molar-refractivity contribution in [3.63, 3.8) is 0 Å². The molecule has 0 radical (unpaired) electrons. The van der Waals surface area contributed by atoms with E-state index in [0.717, 1.165) is 5.69 Å². The highest BCUT2D eigenvalue weighted by molar-refractivity contribution is 6.21. The van der Waals surface area contributed by atoms with Crippen LogP contribution in [0.5, 0.6) is 0 Å². The molecule has 5 rings (SSSR count). The highest BCUT2D eigenvalue weighted by atomic mass is 15.0. The minimum atomic E-state index is 1.09. The third-order valence-corrected chi connectivity index (χ3v) is 4.47. The van der Waals surface area contributed by atoms with Gasteiger partial charge in [0.05, 0.1) is 22.9 Å². The standard InChI is InChI=1S/C21H14N2/c1-2-8-17-15(6-1)11-12-20-21(17)18-9-3-4-10-19(18)23(20)16-7-5-13-22-14-16/h1-14H. The molecule has 2 heteroatoms. The summed E-state index contributed by atoms with van der Waals surface area (Å²) < 4.78 is 2.30. The fourth-order valence-corrected chi connectivity index (χ4v) is 3.50. The zero-order chi connectivity index (χ0) is 15.2. The highest BCUT2D eigenvalue weighted by Gasteiger charge is 2.13. The van der Waals surface area contributed by atoms with Gasteiger partial charge in [0.1, 0.15) is 0 Å². The van der Waals surface area contributed by atoms with E-state index >= 15 is 0 Å². The van der Waals surface area contributed by atoms with Gasteiger partial charge < -0.3 is 4.57 Å². The predicted octanol–water partition coefficient (Wildman–Crippen LogP) is 5.33. The van der Waals surface area contributed by atoms with Gasteiger partial charge in [0.2, 0.25) is 0 Å². The molecule has 0 unspecified atom stereocenters. The smallest absolute Gasteiger partial charge is 0.0645 e. The Morgan fingerprint density at radius 2 is 1.48 bits per heavy atom. The van der Waals surface area contributed by atoms with Crippen LogP contribution in [0.2, 0.25) is 0 Å². The molecular formula is C21H14N2. The van der Waals surface area contributed by atoms with E-state index in [1.165, 1.54) is 32.6 Å². The van der Waals surface area contributed by atoms with E-state index in [1.807, 2.05) is 18.5 Å². The summed E-state index contributed by atoms with van der Waals surface area (Å²) in [5.74, 6) is 0. The summed E-state index contributed by atoms with van der Waals surface area (Å²) in [5.41, 5.74) is 3.53. The van der Waals surface area contributed by atoms with E-state index < -0.39 is 0 Å². The lowest BCUT2D eigenvalue weighted by molar-refractivity contribution is 1.14. The van der Waals surface area contributed by atoms with Gasteiger partial charge in [0.25, 0.3) is 0 Å². The van der Waals surface area contributed by atoms with E-state index in [2.05, 4.69) is 76.3 Å². The van der Waals surface area contributed by atoms with Gasteiger partial charge >= 0.3 is 0 Å². The molecule has 0 N–H and O–H groups in total. The van der Waals surface area contributed by atoms with Crippen molar-refractivity contribution in [2.45, 2.75) is 0 Å². The second-order valence-corrected chi connectivity index (χ2v) is 5.74. The summed E-state index contributed by atoms with van der Waals surface area (Å²) >= 11 is 0. The van der Waals surface area contributed by atoms with Crippen molar-refractivity contribution < 1.29 is 0 Å². The second-order valence-electron chi connectivity index (χ2n) is 5.74. The maximum atomic E-state index is 4.30. The lowest BCUT2D eigenvalue weighted by Gasteiger charge is -2.07. The quantitative estimate of drug-likeness (QED) is 0.408. The third-order valence-electron chi connectivity index (χ3n) is 4.47. The Morgan fingerprint density at radius 1 is 0.652 bits per heavy atom. The van der Waals surface area contributed by atoms with Gasteiger partial charge in [-0.1, -0.05) is 48.5 Å². The maximum absolute atomic E-state index is 4.30. The van der Waals surface area contributed by atoms with E-state index in [0.29, 0.717) is 0 Å². The molecule has 3 aromatic carbocycles. The van der Waals surface area contributed by atoms with Gasteiger partial charge in [-0.15, -0.1) is 0 Å². The van der Waals surface area contributed by atoms with Crippen molar-refractivity contribution in [1.82, 2.24) is 9.55 Å². The number of para-hydroxylation sites is 1.